The Labute approximate surface area is 176 Å². The Bertz CT molecular complexity index is 768. The van der Waals surface area contributed by atoms with Crippen LogP contribution in [-0.2, 0) is 33.2 Å². The summed E-state index contributed by atoms with van der Waals surface area (Å²) in [6, 6.07) is 0. The number of esters is 1. The first kappa shape index (κ1) is 20.8. The highest BCUT2D eigenvalue weighted by atomic mass is 16.7. The predicted molar refractivity (Wildman–Crippen MR) is 103 cm³/mol. The van der Waals surface area contributed by atoms with Crippen molar-refractivity contribution in [2.24, 2.45) is 28.6 Å². The standard InChI is InChI=1S/C22H32O8/c1-11-6-15(23)30-17(11)20(3)8-14-21-9-28-22(24,19(20)21)18(27-10-25-4)12(2)13(21)7-16(26-5)29-14/h6,12-14,16-19,24H,7-10H2,1-5H3/t12-,13+,14-,16+,17-,18-,19-,20-,21-,22+/m1/s1. The predicted octanol–water partition coefficient (Wildman–Crippen LogP) is 1.61. The van der Waals surface area contributed by atoms with Gasteiger partial charge in [0.25, 0.3) is 0 Å². The third-order valence-electron chi connectivity index (χ3n) is 8.58. The van der Waals surface area contributed by atoms with Gasteiger partial charge in [-0.2, -0.15) is 0 Å². The van der Waals surface area contributed by atoms with Gasteiger partial charge in [0.2, 0.25) is 0 Å². The lowest BCUT2D eigenvalue weighted by Crippen LogP contribution is -2.67. The SMILES string of the molecule is COCO[C@@H]1[C@H](C)[C@@H]2C[C@@H](OC)O[C@@H]3C[C@](C)([C@@H]4OC(=O)C=C4C)[C@H]4[C@@]1(O)OC[C@]324. The number of methoxy groups -OCH3 is 2. The van der Waals surface area contributed by atoms with Gasteiger partial charge in [-0.15, -0.1) is 0 Å². The van der Waals surface area contributed by atoms with Gasteiger partial charge in [0.1, 0.15) is 19.0 Å². The Morgan fingerprint density at radius 3 is 2.73 bits per heavy atom. The van der Waals surface area contributed by atoms with E-state index in [2.05, 4.69) is 13.8 Å². The van der Waals surface area contributed by atoms with Gasteiger partial charge >= 0.3 is 5.97 Å². The fourth-order valence-electron chi connectivity index (χ4n) is 7.79. The molecule has 30 heavy (non-hydrogen) atoms. The molecule has 5 rings (SSSR count). The third-order valence-corrected chi connectivity index (χ3v) is 8.58. The highest BCUT2D eigenvalue weighted by molar-refractivity contribution is 5.85. The zero-order chi connectivity index (χ0) is 21.5. The average Bonchev–Trinajstić information content (AvgIpc) is 3.28. The quantitative estimate of drug-likeness (QED) is 0.526. The van der Waals surface area contributed by atoms with Crippen LogP contribution in [-0.4, -0.2) is 69.1 Å². The van der Waals surface area contributed by atoms with Crippen molar-refractivity contribution >= 4 is 5.97 Å². The van der Waals surface area contributed by atoms with Crippen molar-refractivity contribution in [3.8, 4) is 0 Å². The van der Waals surface area contributed by atoms with Crippen LogP contribution in [0.2, 0.25) is 0 Å². The van der Waals surface area contributed by atoms with E-state index < -0.39 is 23.4 Å². The van der Waals surface area contributed by atoms with E-state index in [0.29, 0.717) is 19.4 Å². The van der Waals surface area contributed by atoms with Gasteiger partial charge in [0, 0.05) is 43.5 Å². The van der Waals surface area contributed by atoms with Gasteiger partial charge < -0.3 is 33.5 Å². The van der Waals surface area contributed by atoms with Crippen LogP contribution in [0.3, 0.4) is 0 Å². The molecule has 0 aromatic carbocycles. The van der Waals surface area contributed by atoms with E-state index in [4.69, 9.17) is 28.4 Å². The molecule has 5 aliphatic rings. The second-order valence-electron chi connectivity index (χ2n) is 9.99. The van der Waals surface area contributed by atoms with Crippen LogP contribution in [0.1, 0.15) is 33.6 Å². The maximum atomic E-state index is 12.1. The molecule has 168 valence electrons. The summed E-state index contributed by atoms with van der Waals surface area (Å²) < 4.78 is 35.2. The first-order chi connectivity index (χ1) is 14.2. The number of hydrogen-bond donors (Lipinski definition) is 1. The van der Waals surface area contributed by atoms with E-state index in [1.54, 1.807) is 20.3 Å². The summed E-state index contributed by atoms with van der Waals surface area (Å²) in [6.45, 7) is 6.55. The first-order valence-corrected chi connectivity index (χ1v) is 10.8. The molecule has 0 amide bonds. The number of carbonyl (C=O) groups excluding carboxylic acids is 1. The molecule has 0 radical (unpaired) electrons. The van der Waals surface area contributed by atoms with E-state index in [-0.39, 0.29) is 48.3 Å². The molecule has 10 atom stereocenters. The Kier molecular flexibility index (Phi) is 4.68. The minimum Gasteiger partial charge on any atom is -0.454 e. The summed E-state index contributed by atoms with van der Waals surface area (Å²) in [7, 11) is 3.22. The van der Waals surface area contributed by atoms with Gasteiger partial charge in [0.15, 0.2) is 12.1 Å². The van der Waals surface area contributed by atoms with E-state index in [9.17, 15) is 9.90 Å². The van der Waals surface area contributed by atoms with E-state index >= 15 is 0 Å². The van der Waals surface area contributed by atoms with Crippen LogP contribution in [0.25, 0.3) is 0 Å². The molecule has 0 aromatic rings. The molecule has 2 saturated carbocycles. The van der Waals surface area contributed by atoms with Gasteiger partial charge in [-0.25, -0.2) is 4.79 Å². The topological polar surface area (TPSA) is 92.7 Å². The molecule has 8 heteroatoms. The minimum absolute atomic E-state index is 0.0121. The molecule has 0 aromatic heterocycles. The van der Waals surface area contributed by atoms with Crippen molar-refractivity contribution in [3.05, 3.63) is 11.6 Å². The van der Waals surface area contributed by atoms with Crippen molar-refractivity contribution in [2.75, 3.05) is 27.6 Å². The van der Waals surface area contributed by atoms with Crippen molar-refractivity contribution in [1.29, 1.82) is 0 Å². The fraction of sp³-hybridized carbons (Fsp3) is 0.864. The van der Waals surface area contributed by atoms with Crippen molar-refractivity contribution in [1.82, 2.24) is 0 Å². The van der Waals surface area contributed by atoms with Crippen molar-refractivity contribution < 1.29 is 38.3 Å². The molecule has 3 heterocycles. The van der Waals surface area contributed by atoms with Gasteiger partial charge in [-0.1, -0.05) is 13.8 Å². The molecule has 2 bridgehead atoms. The zero-order valence-corrected chi connectivity index (χ0v) is 18.3. The maximum Gasteiger partial charge on any atom is 0.331 e. The second-order valence-corrected chi connectivity index (χ2v) is 9.99. The van der Waals surface area contributed by atoms with Crippen LogP contribution in [0.4, 0.5) is 0 Å². The fourth-order valence-corrected chi connectivity index (χ4v) is 7.79. The molecule has 1 N–H and O–H groups in total. The maximum absolute atomic E-state index is 12.1. The van der Waals surface area contributed by atoms with Crippen LogP contribution in [0.15, 0.2) is 11.6 Å². The minimum atomic E-state index is -1.52. The monoisotopic (exact) mass is 424 g/mol. The summed E-state index contributed by atoms with van der Waals surface area (Å²) in [5.41, 5.74) is -0.0909. The summed E-state index contributed by atoms with van der Waals surface area (Å²) in [6.07, 6.45) is 1.39. The molecular weight excluding hydrogens is 392 g/mol. The van der Waals surface area contributed by atoms with E-state index in [1.807, 2.05) is 6.92 Å². The smallest absolute Gasteiger partial charge is 0.331 e. The number of hydrogen-bond acceptors (Lipinski definition) is 8. The van der Waals surface area contributed by atoms with Crippen molar-refractivity contribution in [3.63, 3.8) is 0 Å². The summed E-state index contributed by atoms with van der Waals surface area (Å²) >= 11 is 0. The first-order valence-electron chi connectivity index (χ1n) is 10.8. The Hall–Kier alpha value is -1.03. The van der Waals surface area contributed by atoms with Crippen molar-refractivity contribution in [2.45, 2.75) is 64.0 Å². The van der Waals surface area contributed by atoms with Gasteiger partial charge in [0.05, 0.1) is 12.7 Å². The number of rotatable bonds is 5. The van der Waals surface area contributed by atoms with Crippen LogP contribution < -0.4 is 0 Å². The molecule has 0 unspecified atom stereocenters. The van der Waals surface area contributed by atoms with Crippen LogP contribution in [0.5, 0.6) is 0 Å². The molecular formula is C22H32O8. The summed E-state index contributed by atoms with van der Waals surface area (Å²) in [5, 5.41) is 12.0. The van der Waals surface area contributed by atoms with Gasteiger partial charge in [-0.05, 0) is 30.8 Å². The lowest BCUT2D eigenvalue weighted by molar-refractivity contribution is -0.327. The Morgan fingerprint density at radius 2 is 2.10 bits per heavy atom. The number of ether oxygens (including phenoxy) is 6. The molecule has 2 aliphatic carbocycles. The lowest BCUT2D eigenvalue weighted by atomic mass is 9.50. The summed E-state index contributed by atoms with van der Waals surface area (Å²) in [4.78, 5) is 12.1. The lowest BCUT2D eigenvalue weighted by Gasteiger charge is -2.58. The van der Waals surface area contributed by atoms with Crippen LogP contribution >= 0.6 is 0 Å². The van der Waals surface area contributed by atoms with Gasteiger partial charge in [-0.3, -0.25) is 0 Å². The van der Waals surface area contributed by atoms with E-state index in [1.165, 1.54) is 0 Å². The molecule has 4 fully saturated rings. The number of aliphatic hydroxyl groups is 1. The molecule has 8 nitrogen and oxygen atoms in total. The average molecular weight is 424 g/mol. The largest absolute Gasteiger partial charge is 0.454 e. The number of cyclic esters (lactones) is 1. The highest BCUT2D eigenvalue weighted by Gasteiger charge is 2.82. The number of carbonyl (C=O) groups is 1. The molecule has 3 aliphatic heterocycles. The third kappa shape index (κ3) is 2.40. The highest BCUT2D eigenvalue weighted by Crippen LogP contribution is 2.74. The zero-order valence-electron chi connectivity index (χ0n) is 18.3. The second kappa shape index (κ2) is 6.73. The Balaban J connectivity index is 1.64. The Morgan fingerprint density at radius 1 is 1.33 bits per heavy atom. The normalized spacial score (nSPS) is 54.1. The molecule has 1 spiro atoms. The van der Waals surface area contributed by atoms with Crippen LogP contribution in [0, 0.1) is 28.6 Å². The van der Waals surface area contributed by atoms with E-state index in [0.717, 1.165) is 5.57 Å². The summed E-state index contributed by atoms with van der Waals surface area (Å²) in [5.74, 6) is -1.99. The molecule has 2 saturated heterocycles.